The summed E-state index contributed by atoms with van der Waals surface area (Å²) >= 11 is 0. The summed E-state index contributed by atoms with van der Waals surface area (Å²) in [7, 11) is -1.14. The lowest BCUT2D eigenvalue weighted by Gasteiger charge is -2.17. The van der Waals surface area contributed by atoms with Gasteiger partial charge >= 0.3 is 0 Å². The van der Waals surface area contributed by atoms with Gasteiger partial charge in [-0.3, -0.25) is 4.79 Å². The summed E-state index contributed by atoms with van der Waals surface area (Å²) in [4.78, 5) is 10.7. The van der Waals surface area contributed by atoms with E-state index in [1.54, 1.807) is 0 Å². The SMILES string of the molecule is CS(=O)N1CCC(O)(C(N)=O)C1. The van der Waals surface area contributed by atoms with Crippen LogP contribution < -0.4 is 5.73 Å². The van der Waals surface area contributed by atoms with E-state index in [1.165, 1.54) is 10.6 Å². The lowest BCUT2D eigenvalue weighted by Crippen LogP contribution is -2.46. The highest BCUT2D eigenvalue weighted by Crippen LogP contribution is 2.21. The van der Waals surface area contributed by atoms with Crippen molar-refractivity contribution in [3.63, 3.8) is 0 Å². The third-order valence-corrected chi connectivity index (χ3v) is 3.07. The molecule has 5 nitrogen and oxygen atoms in total. The normalized spacial score (nSPS) is 33.5. The summed E-state index contributed by atoms with van der Waals surface area (Å²) in [5.41, 5.74) is 3.50. The van der Waals surface area contributed by atoms with Crippen molar-refractivity contribution >= 4 is 16.9 Å². The van der Waals surface area contributed by atoms with Gasteiger partial charge in [0.2, 0.25) is 0 Å². The minimum absolute atomic E-state index is 0.0748. The summed E-state index contributed by atoms with van der Waals surface area (Å²) in [6.45, 7) is 0.522. The van der Waals surface area contributed by atoms with Crippen LogP contribution in [-0.4, -0.2) is 44.5 Å². The second-order valence-electron chi connectivity index (χ2n) is 2.93. The molecule has 1 aliphatic rings. The van der Waals surface area contributed by atoms with Crippen molar-refractivity contribution < 1.29 is 14.1 Å². The Labute approximate surface area is 73.1 Å². The maximum Gasteiger partial charge on any atom is 0.250 e. The molecule has 0 radical (unpaired) electrons. The zero-order chi connectivity index (χ0) is 9.35. The van der Waals surface area contributed by atoms with Gasteiger partial charge in [-0.1, -0.05) is 0 Å². The zero-order valence-corrected chi connectivity index (χ0v) is 7.63. The molecule has 1 amide bonds. The number of aliphatic hydroxyl groups is 1. The number of carbonyl (C=O) groups excluding carboxylic acids is 1. The van der Waals surface area contributed by atoms with Crippen LogP contribution >= 0.6 is 0 Å². The Morgan fingerprint density at radius 3 is 2.58 bits per heavy atom. The van der Waals surface area contributed by atoms with Crippen LogP contribution in [0.2, 0.25) is 0 Å². The number of nitrogens with two attached hydrogens (primary N) is 1. The Kier molecular flexibility index (Phi) is 2.50. The van der Waals surface area contributed by atoms with Crippen molar-refractivity contribution in [2.75, 3.05) is 19.3 Å². The molecule has 0 aliphatic carbocycles. The van der Waals surface area contributed by atoms with E-state index in [0.717, 1.165) is 0 Å². The maximum absolute atomic E-state index is 10.9. The highest BCUT2D eigenvalue weighted by atomic mass is 32.2. The minimum Gasteiger partial charge on any atom is -0.379 e. The molecular weight excluding hydrogens is 180 g/mol. The molecule has 1 rings (SSSR count). The molecule has 0 bridgehead atoms. The molecule has 0 aromatic rings. The summed E-state index contributed by atoms with van der Waals surface area (Å²) in [6.07, 6.45) is 1.77. The quantitative estimate of drug-likeness (QED) is 0.541. The Hall–Kier alpha value is -0.460. The summed E-state index contributed by atoms with van der Waals surface area (Å²) in [5.74, 6) is -0.740. The zero-order valence-electron chi connectivity index (χ0n) is 6.82. The predicted octanol–water partition coefficient (Wildman–Crippen LogP) is -1.80. The van der Waals surface area contributed by atoms with E-state index in [9.17, 15) is 14.1 Å². The van der Waals surface area contributed by atoms with Crippen molar-refractivity contribution in [1.29, 1.82) is 0 Å². The van der Waals surface area contributed by atoms with E-state index in [1.807, 2.05) is 0 Å². The first-order valence-corrected chi connectivity index (χ1v) is 5.08. The first kappa shape index (κ1) is 9.63. The number of hydrogen-bond acceptors (Lipinski definition) is 3. The van der Waals surface area contributed by atoms with Crippen LogP contribution in [0.25, 0.3) is 0 Å². The molecule has 6 heteroatoms. The average Bonchev–Trinajstić information content (AvgIpc) is 2.33. The number of β-amino-alcohol motifs (C(OH)–C–C–N with tert-alkyl or cyclic N) is 1. The fourth-order valence-corrected chi connectivity index (χ4v) is 1.92. The van der Waals surface area contributed by atoms with Gasteiger partial charge in [-0.15, -0.1) is 0 Å². The Bertz CT molecular complexity index is 233. The molecule has 1 saturated heterocycles. The van der Waals surface area contributed by atoms with Crippen LogP contribution in [0.5, 0.6) is 0 Å². The molecule has 1 aliphatic heterocycles. The molecular formula is C6H12N2O3S. The molecule has 3 N–H and O–H groups in total. The fraction of sp³-hybridized carbons (Fsp3) is 0.833. The first-order chi connectivity index (χ1) is 5.46. The van der Waals surface area contributed by atoms with E-state index in [-0.39, 0.29) is 13.0 Å². The molecule has 70 valence electrons. The van der Waals surface area contributed by atoms with Gasteiger partial charge in [0.25, 0.3) is 5.91 Å². The second kappa shape index (κ2) is 3.12. The predicted molar refractivity (Wildman–Crippen MR) is 44.4 cm³/mol. The third-order valence-electron chi connectivity index (χ3n) is 2.03. The van der Waals surface area contributed by atoms with Crippen molar-refractivity contribution in [2.45, 2.75) is 12.0 Å². The molecule has 0 aromatic carbocycles. The minimum atomic E-state index is -1.48. The van der Waals surface area contributed by atoms with Crippen molar-refractivity contribution in [3.05, 3.63) is 0 Å². The number of rotatable bonds is 2. The van der Waals surface area contributed by atoms with Crippen LogP contribution in [-0.2, 0) is 15.8 Å². The van der Waals surface area contributed by atoms with Gasteiger partial charge in [-0.25, -0.2) is 8.51 Å². The lowest BCUT2D eigenvalue weighted by molar-refractivity contribution is -0.134. The second-order valence-corrected chi connectivity index (χ2v) is 4.30. The van der Waals surface area contributed by atoms with Crippen LogP contribution in [0.15, 0.2) is 0 Å². The van der Waals surface area contributed by atoms with Gasteiger partial charge in [0.1, 0.15) is 0 Å². The van der Waals surface area contributed by atoms with Gasteiger partial charge in [0, 0.05) is 25.8 Å². The molecule has 0 spiro atoms. The monoisotopic (exact) mass is 192 g/mol. The van der Waals surface area contributed by atoms with Gasteiger partial charge in [0.05, 0.1) is 11.0 Å². The van der Waals surface area contributed by atoms with Crippen molar-refractivity contribution in [1.82, 2.24) is 4.31 Å². The van der Waals surface area contributed by atoms with Gasteiger partial charge < -0.3 is 10.8 Å². The largest absolute Gasteiger partial charge is 0.379 e. The Morgan fingerprint density at radius 2 is 2.33 bits per heavy atom. The van der Waals surface area contributed by atoms with Gasteiger partial charge in [-0.2, -0.15) is 0 Å². The number of primary amides is 1. The molecule has 2 atom stereocenters. The third kappa shape index (κ3) is 1.65. The summed E-state index contributed by atoms with van der Waals surface area (Å²) in [6, 6.07) is 0. The summed E-state index contributed by atoms with van der Waals surface area (Å²) < 4.78 is 12.4. The number of amides is 1. The first-order valence-electron chi connectivity index (χ1n) is 3.56. The highest BCUT2D eigenvalue weighted by Gasteiger charge is 2.42. The smallest absolute Gasteiger partial charge is 0.250 e. The number of carbonyl (C=O) groups is 1. The van der Waals surface area contributed by atoms with Crippen molar-refractivity contribution in [3.8, 4) is 0 Å². The molecule has 12 heavy (non-hydrogen) atoms. The van der Waals surface area contributed by atoms with Crippen LogP contribution in [0.1, 0.15) is 6.42 Å². The summed E-state index contributed by atoms with van der Waals surface area (Å²) in [5, 5.41) is 9.54. The van der Waals surface area contributed by atoms with Crippen LogP contribution in [0.3, 0.4) is 0 Å². The van der Waals surface area contributed by atoms with E-state index in [2.05, 4.69) is 0 Å². The van der Waals surface area contributed by atoms with Crippen LogP contribution in [0.4, 0.5) is 0 Å². The van der Waals surface area contributed by atoms with E-state index >= 15 is 0 Å². The Balaban J connectivity index is 2.67. The molecule has 0 saturated carbocycles. The van der Waals surface area contributed by atoms with E-state index < -0.39 is 22.5 Å². The molecule has 1 fully saturated rings. The van der Waals surface area contributed by atoms with E-state index in [4.69, 9.17) is 5.73 Å². The highest BCUT2D eigenvalue weighted by molar-refractivity contribution is 7.81. The van der Waals surface area contributed by atoms with Crippen molar-refractivity contribution in [2.24, 2.45) is 5.73 Å². The van der Waals surface area contributed by atoms with Crippen LogP contribution in [0, 0.1) is 0 Å². The standard InChI is InChI=1S/C6H12N2O3S/c1-12(11)8-3-2-6(10,4-8)5(7)9/h10H,2-4H2,1H3,(H2,7,9). The fourth-order valence-electron chi connectivity index (χ4n) is 1.18. The maximum atomic E-state index is 10.9. The van der Waals surface area contributed by atoms with Gasteiger partial charge in [-0.05, 0) is 0 Å². The van der Waals surface area contributed by atoms with E-state index in [0.29, 0.717) is 6.54 Å². The Morgan fingerprint density at radius 1 is 1.75 bits per heavy atom. The average molecular weight is 192 g/mol. The molecule has 2 unspecified atom stereocenters. The lowest BCUT2D eigenvalue weighted by atomic mass is 10.0. The number of hydrogen-bond donors (Lipinski definition) is 2. The topological polar surface area (TPSA) is 83.6 Å². The number of nitrogens with zero attached hydrogens (tertiary/aromatic N) is 1. The molecule has 0 aromatic heterocycles. The van der Waals surface area contributed by atoms with Gasteiger partial charge in [0.15, 0.2) is 5.60 Å². The molecule has 1 heterocycles.